The van der Waals surface area contributed by atoms with Crippen LogP contribution >= 0.6 is 11.8 Å². The van der Waals surface area contributed by atoms with Crippen LogP contribution in [0.15, 0.2) is 0 Å². The lowest BCUT2D eigenvalue weighted by atomic mass is 9.84. The highest BCUT2D eigenvalue weighted by Gasteiger charge is 2.54. The quantitative estimate of drug-likeness (QED) is 0.0728. The van der Waals surface area contributed by atoms with Crippen LogP contribution < -0.4 is 21.3 Å². The number of thioether (sulfide) groups is 1. The maximum atomic E-state index is 13.7. The van der Waals surface area contributed by atoms with Gasteiger partial charge < -0.3 is 96.8 Å². The van der Waals surface area contributed by atoms with Crippen LogP contribution in [0, 0.1) is 5.92 Å². The van der Waals surface area contributed by atoms with E-state index in [2.05, 4.69) is 16.0 Å². The van der Waals surface area contributed by atoms with Crippen LogP contribution in [0.25, 0.3) is 0 Å². The third kappa shape index (κ3) is 10.6. The second-order valence-corrected chi connectivity index (χ2v) is 16.2. The number of nitrogens with one attached hydrogen (secondary N) is 3. The lowest BCUT2D eigenvalue weighted by Gasteiger charge is -2.47. The first kappa shape index (κ1) is 46.8. The van der Waals surface area contributed by atoms with E-state index in [0.29, 0.717) is 24.1 Å². The van der Waals surface area contributed by atoms with Crippen molar-refractivity contribution in [3.63, 3.8) is 0 Å². The molecular formula is C33H59N4O18S+. The normalized spacial score (nSPS) is 43.3. The van der Waals surface area contributed by atoms with Gasteiger partial charge in [-0.2, -0.15) is 0 Å². The number of amides is 3. The van der Waals surface area contributed by atoms with E-state index in [1.54, 1.807) is 0 Å². The van der Waals surface area contributed by atoms with Crippen molar-refractivity contribution in [3.8, 4) is 0 Å². The number of carbonyl (C=O) groups excluding carboxylic acids is 3. The van der Waals surface area contributed by atoms with Gasteiger partial charge in [-0.1, -0.05) is 13.3 Å². The first-order chi connectivity index (χ1) is 26.3. The molecule has 17 N–H and O–H groups in total. The van der Waals surface area contributed by atoms with Crippen LogP contribution in [0.2, 0.25) is 0 Å². The Labute approximate surface area is 326 Å². The molecule has 22 nitrogen and oxygen atoms in total. The predicted octanol–water partition coefficient (Wildman–Crippen LogP) is -9.22. The summed E-state index contributed by atoms with van der Waals surface area (Å²) in [4.78, 5) is 39.2. The molecule has 1 aliphatic carbocycles. The summed E-state index contributed by atoms with van der Waals surface area (Å²) < 4.78 is 17.1. The molecule has 3 amide bonds. The molecule has 3 saturated heterocycles. The molecule has 3 heterocycles. The Morgan fingerprint density at radius 1 is 0.839 bits per heavy atom. The molecule has 4 rings (SSSR count). The van der Waals surface area contributed by atoms with Crippen molar-refractivity contribution < 1.29 is 95.2 Å². The van der Waals surface area contributed by atoms with Crippen molar-refractivity contribution in [2.45, 2.75) is 161 Å². The lowest BCUT2D eigenvalue weighted by molar-refractivity contribution is -0.659. The molecular weight excluding hydrogens is 772 g/mol. The van der Waals surface area contributed by atoms with Gasteiger partial charge in [-0.25, -0.2) is 0 Å². The zero-order valence-electron chi connectivity index (χ0n) is 31.2. The van der Waals surface area contributed by atoms with E-state index in [4.69, 9.17) is 14.2 Å². The van der Waals surface area contributed by atoms with E-state index in [1.807, 2.05) is 12.2 Å². The highest BCUT2D eigenvalue weighted by atomic mass is 32.2. The zero-order chi connectivity index (χ0) is 41.8. The van der Waals surface area contributed by atoms with E-state index >= 15 is 0 Å². The van der Waals surface area contributed by atoms with Crippen molar-refractivity contribution in [1.29, 1.82) is 0 Å². The van der Waals surface area contributed by atoms with Crippen molar-refractivity contribution >= 4 is 29.5 Å². The maximum absolute atomic E-state index is 13.7. The fourth-order valence-electron chi connectivity index (χ4n) is 7.57. The SMILES string of the molecule is CCC[C@H]1C[NH2+][C@H](C(=O)N[C@@H]([C@H]2O[C@H](SC[C@H](NC(C)=O)C(=O)N[C@H]3[C@@H](OC4[C@H](O)[C@H](O)C(O)[C@H](O)[C@H]4O)O[C@H](CO)[C@@H](O)[C@@H]3O)[C@H](O)[C@@H](O)[C@H]2O)[C@@H](C)O)C1. The summed E-state index contributed by atoms with van der Waals surface area (Å²) in [5, 5.41) is 135. The van der Waals surface area contributed by atoms with E-state index in [0.717, 1.165) is 26.3 Å². The van der Waals surface area contributed by atoms with Gasteiger partial charge in [0.05, 0.1) is 25.3 Å². The number of hydrogen-bond donors (Lipinski definition) is 16. The number of aliphatic hydroxyl groups excluding tert-OH is 12. The molecule has 0 aromatic rings. The maximum Gasteiger partial charge on any atom is 0.278 e. The molecule has 0 spiro atoms. The van der Waals surface area contributed by atoms with Gasteiger partial charge in [0.15, 0.2) is 12.3 Å². The molecule has 0 aromatic carbocycles. The molecule has 2 unspecified atom stereocenters. The minimum Gasteiger partial charge on any atom is -0.394 e. The Kier molecular flexibility index (Phi) is 17.0. The van der Waals surface area contributed by atoms with Crippen LogP contribution in [-0.4, -0.2) is 219 Å². The van der Waals surface area contributed by atoms with Gasteiger partial charge in [0.1, 0.15) is 96.9 Å². The molecule has 324 valence electrons. The van der Waals surface area contributed by atoms with E-state index in [-0.39, 0.29) is 0 Å². The summed E-state index contributed by atoms with van der Waals surface area (Å²) >= 11 is 0.698. The monoisotopic (exact) mass is 831 g/mol. The molecule has 0 radical (unpaired) electrons. The van der Waals surface area contributed by atoms with Crippen LogP contribution in [0.5, 0.6) is 0 Å². The van der Waals surface area contributed by atoms with Gasteiger partial charge in [0, 0.05) is 25.0 Å². The number of nitrogens with two attached hydrogens (primary N) is 1. The summed E-state index contributed by atoms with van der Waals surface area (Å²) in [7, 11) is 0. The van der Waals surface area contributed by atoms with Crippen molar-refractivity contribution in [1.82, 2.24) is 16.0 Å². The minimum atomic E-state index is -2.04. The summed E-state index contributed by atoms with van der Waals surface area (Å²) in [6, 6.07) is -5.00. The van der Waals surface area contributed by atoms with Gasteiger partial charge in [-0.15, -0.1) is 11.8 Å². The number of ether oxygens (including phenoxy) is 3. The first-order valence-electron chi connectivity index (χ1n) is 18.7. The molecule has 0 aromatic heterocycles. The number of carbonyl (C=O) groups is 3. The molecule has 3 aliphatic heterocycles. The molecule has 4 fully saturated rings. The lowest BCUT2D eigenvalue weighted by Crippen LogP contribution is -2.90. The van der Waals surface area contributed by atoms with E-state index in [1.165, 1.54) is 6.92 Å². The van der Waals surface area contributed by atoms with Crippen molar-refractivity contribution in [2.75, 3.05) is 18.9 Å². The van der Waals surface area contributed by atoms with Crippen LogP contribution in [0.4, 0.5) is 0 Å². The largest absolute Gasteiger partial charge is 0.394 e. The highest BCUT2D eigenvalue weighted by molar-refractivity contribution is 7.99. The van der Waals surface area contributed by atoms with Crippen molar-refractivity contribution in [3.05, 3.63) is 0 Å². The Hall–Kier alpha value is -1.88. The van der Waals surface area contributed by atoms with Crippen LogP contribution in [0.1, 0.15) is 40.0 Å². The minimum absolute atomic E-state index is 0.328. The number of rotatable bonds is 15. The third-order valence-electron chi connectivity index (χ3n) is 10.8. The second kappa shape index (κ2) is 20.4. The van der Waals surface area contributed by atoms with Gasteiger partial charge >= 0.3 is 0 Å². The summed E-state index contributed by atoms with van der Waals surface area (Å²) in [6.45, 7) is 4.33. The van der Waals surface area contributed by atoms with Crippen LogP contribution in [-0.2, 0) is 28.6 Å². The highest BCUT2D eigenvalue weighted by Crippen LogP contribution is 2.33. The van der Waals surface area contributed by atoms with Gasteiger partial charge in [-0.05, 0) is 13.3 Å². The smallest absolute Gasteiger partial charge is 0.278 e. The fraction of sp³-hybridized carbons (Fsp3) is 0.909. The topological polar surface area (TPSA) is 374 Å². The third-order valence-corrected chi connectivity index (χ3v) is 12.1. The van der Waals surface area contributed by atoms with Gasteiger partial charge in [0.25, 0.3) is 5.91 Å². The Balaban J connectivity index is 1.49. The molecule has 23 heteroatoms. The first-order valence-corrected chi connectivity index (χ1v) is 19.8. The fourth-order valence-corrected chi connectivity index (χ4v) is 8.75. The zero-order valence-corrected chi connectivity index (χ0v) is 32.0. The molecule has 21 atom stereocenters. The number of aliphatic hydroxyl groups is 12. The van der Waals surface area contributed by atoms with E-state index in [9.17, 15) is 75.7 Å². The van der Waals surface area contributed by atoms with Gasteiger partial charge in [-0.3, -0.25) is 14.4 Å². The Bertz CT molecular complexity index is 1290. The summed E-state index contributed by atoms with van der Waals surface area (Å²) in [5.41, 5.74) is -1.41. The molecule has 0 bridgehead atoms. The average Bonchev–Trinajstić information content (AvgIpc) is 3.63. The van der Waals surface area contributed by atoms with Gasteiger partial charge in [0.2, 0.25) is 11.8 Å². The number of quaternary nitrogens is 1. The Morgan fingerprint density at radius 2 is 1.45 bits per heavy atom. The molecule has 1 saturated carbocycles. The van der Waals surface area contributed by atoms with Crippen LogP contribution in [0.3, 0.4) is 0 Å². The second-order valence-electron chi connectivity index (χ2n) is 15.1. The standard InChI is InChI=1S/C33H58N4O18S/c1-4-5-12-6-13(34-7-12)30(51)36-16(10(2)39)28-24(47)23(46)27(50)33(55-28)56-9-14(35-11(3)40)31(52)37-17-19(42)18(41)15(8-38)53-32(17)54-29-25(48)21(44)20(43)22(45)26(29)49/h10,12-29,32-34,38-39,41-50H,4-9H2,1-3H3,(H,35,40)(H,36,51)(H,37,52)/p+1/t10-,12-,13+,14+,15-,16-,17-,18-,19-,20?,21-,22+,23+,24-,25-,26-,27-,28-,29?,32-,33-/m1/s1. The molecule has 56 heavy (non-hydrogen) atoms. The summed E-state index contributed by atoms with van der Waals surface area (Å²) in [5.74, 6) is -2.29. The predicted molar refractivity (Wildman–Crippen MR) is 189 cm³/mol. The van der Waals surface area contributed by atoms with E-state index < -0.39 is 151 Å². The Morgan fingerprint density at radius 3 is 2.02 bits per heavy atom. The average molecular weight is 832 g/mol. The molecule has 4 aliphatic rings. The number of hydrogen-bond acceptors (Lipinski definition) is 19. The van der Waals surface area contributed by atoms with Crippen molar-refractivity contribution in [2.24, 2.45) is 5.92 Å². The summed E-state index contributed by atoms with van der Waals surface area (Å²) in [6.07, 6.45) is -24.9.